The first-order valence-corrected chi connectivity index (χ1v) is 25.6. The van der Waals surface area contributed by atoms with Crippen molar-refractivity contribution in [2.24, 2.45) is 47.3 Å². The Morgan fingerprint density at radius 1 is 0.365 bits per heavy atom. The number of ether oxygens (including phenoxy) is 1. The monoisotopic (exact) mass is 964 g/mol. The van der Waals surface area contributed by atoms with Gasteiger partial charge in [-0.15, -0.1) is 5.46 Å². The third-order valence-electron chi connectivity index (χ3n) is 18.9. The van der Waals surface area contributed by atoms with Crippen LogP contribution in [0.4, 0.5) is 0 Å². The predicted molar refractivity (Wildman–Crippen MR) is 299 cm³/mol. The van der Waals surface area contributed by atoms with E-state index in [2.05, 4.69) is 13.8 Å². The summed E-state index contributed by atoms with van der Waals surface area (Å²) in [6.07, 6.45) is 8.51. The highest BCUT2D eigenvalue weighted by Gasteiger charge is 2.70. The average molecular weight is 963 g/mol. The van der Waals surface area contributed by atoms with Gasteiger partial charge in [-0.3, -0.25) is 0 Å². The second-order valence-electron chi connectivity index (χ2n) is 22.4. The summed E-state index contributed by atoms with van der Waals surface area (Å²) in [5.41, 5.74) is -5.13. The standard InChI is InChI=1S/C51H40B10N2O9.C2H6/c1-12-3-14-5-13(2)50(17(4-12)7-14)25-24(51(72-50)18-8-15-6-16(10-18)11-19(51)9-15)26(52)22-23-39(62(36(22)29(25)55)41-35(61)46(68)48(70)49(71)47(41)69)45(67)34(60)40(42(23)64)63-37-21(28(54)43(65)33(59)31(37)57)20-27(53)30(56)32(58)44(66)38(20)63;1-2/h12-19,64-71H,3-11H2,1-2H3;1-2H3. The van der Waals surface area contributed by atoms with Crippen molar-refractivity contribution in [2.45, 2.75) is 96.7 Å². The highest BCUT2D eigenvalue weighted by atomic mass is 16.5. The summed E-state index contributed by atoms with van der Waals surface area (Å²) in [7, 11) is 68.5. The van der Waals surface area contributed by atoms with Crippen LogP contribution in [0.5, 0.6) is 46.0 Å². The molecule has 6 bridgehead atoms. The van der Waals surface area contributed by atoms with Gasteiger partial charge in [-0.2, -0.15) is 0 Å². The molecule has 0 saturated heterocycles. The molecule has 5 aromatic carbocycles. The zero-order valence-electron chi connectivity index (χ0n) is 41.6. The smallest absolute Gasteiger partial charge is 0.206 e. The quantitative estimate of drug-likeness (QED) is 0.0642. The van der Waals surface area contributed by atoms with Crippen molar-refractivity contribution in [3.8, 4) is 57.4 Å². The summed E-state index contributed by atoms with van der Waals surface area (Å²) < 4.78 is 10.5. The van der Waals surface area contributed by atoms with Gasteiger partial charge in [0, 0.05) is 27.2 Å². The fourth-order valence-electron chi connectivity index (χ4n) is 16.4. The zero-order valence-corrected chi connectivity index (χ0v) is 41.6. The summed E-state index contributed by atoms with van der Waals surface area (Å²) in [4.78, 5) is 0. The zero-order chi connectivity index (χ0) is 53.2. The fraction of sp³-hybridized carbons (Fsp3) is 0.434. The fourth-order valence-corrected chi connectivity index (χ4v) is 16.4. The molecule has 7 aromatic rings. The molecule has 1 aliphatic heterocycles. The normalized spacial score (nSPS) is 28.5. The van der Waals surface area contributed by atoms with Gasteiger partial charge < -0.3 is 54.7 Å². The summed E-state index contributed by atoms with van der Waals surface area (Å²) in [6.45, 7) is 8.49. The van der Waals surface area contributed by atoms with Gasteiger partial charge in [-0.05, 0) is 133 Å². The van der Waals surface area contributed by atoms with E-state index in [0.29, 0.717) is 34.8 Å². The lowest BCUT2D eigenvalue weighted by Crippen LogP contribution is -2.59. The van der Waals surface area contributed by atoms with Crippen molar-refractivity contribution in [1.82, 2.24) is 9.13 Å². The maximum absolute atomic E-state index is 13.5. The first-order chi connectivity index (χ1) is 35.0. The van der Waals surface area contributed by atoms with Gasteiger partial charge in [0.1, 0.15) is 101 Å². The Hall–Kier alpha value is -5.29. The van der Waals surface area contributed by atoms with E-state index in [9.17, 15) is 40.9 Å². The van der Waals surface area contributed by atoms with E-state index in [1.807, 2.05) is 13.8 Å². The van der Waals surface area contributed by atoms with Crippen molar-refractivity contribution in [2.75, 3.05) is 0 Å². The number of hydrogen-bond donors (Lipinski definition) is 8. The largest absolute Gasteiger partial charge is 0.509 e. The Morgan fingerprint density at radius 2 is 0.811 bits per heavy atom. The number of benzene rings is 5. The lowest BCUT2D eigenvalue weighted by molar-refractivity contribution is -0.289. The molecule has 2 spiro atoms. The van der Waals surface area contributed by atoms with Crippen LogP contribution in [0.1, 0.15) is 96.6 Å². The van der Waals surface area contributed by atoms with Gasteiger partial charge in [0.25, 0.3) is 0 Å². The van der Waals surface area contributed by atoms with Crippen molar-refractivity contribution >= 4 is 177 Å². The number of hydrogen-bond acceptors (Lipinski definition) is 9. The lowest BCUT2D eigenvalue weighted by Gasteiger charge is -2.62. The summed E-state index contributed by atoms with van der Waals surface area (Å²) in [5, 5.41) is 94.6. The highest BCUT2D eigenvalue weighted by Crippen LogP contribution is 2.72. The number of aromatic hydroxyl groups is 8. The van der Waals surface area contributed by atoms with Crippen LogP contribution >= 0.6 is 0 Å². The first-order valence-electron chi connectivity index (χ1n) is 25.6. The molecule has 352 valence electrons. The van der Waals surface area contributed by atoms with E-state index in [-0.39, 0.29) is 111 Å². The third-order valence-corrected chi connectivity index (χ3v) is 18.9. The average Bonchev–Trinajstić information content (AvgIpc) is 4.03. The molecule has 3 heterocycles. The molecule has 20 radical (unpaired) electrons. The van der Waals surface area contributed by atoms with E-state index in [0.717, 1.165) is 62.4 Å². The molecule has 7 aliphatic rings. The van der Waals surface area contributed by atoms with E-state index >= 15 is 0 Å². The van der Waals surface area contributed by atoms with Crippen LogP contribution in [0.2, 0.25) is 0 Å². The van der Waals surface area contributed by atoms with Crippen molar-refractivity contribution in [3.05, 3.63) is 11.1 Å². The van der Waals surface area contributed by atoms with E-state index in [1.54, 1.807) is 0 Å². The minimum atomic E-state index is -1.16. The number of nitrogens with zero attached hydrogens (tertiary/aromatic N) is 2. The second-order valence-corrected chi connectivity index (χ2v) is 22.4. The van der Waals surface area contributed by atoms with E-state index in [1.165, 1.54) is 4.57 Å². The molecule has 6 aliphatic carbocycles. The number of fused-ring (bicyclic) bond motifs is 11. The Labute approximate surface area is 441 Å². The van der Waals surface area contributed by atoms with E-state index in [4.69, 9.17) is 83.2 Å². The highest BCUT2D eigenvalue weighted by molar-refractivity contribution is 6.65. The van der Waals surface area contributed by atoms with Crippen LogP contribution < -0.4 is 54.6 Å². The van der Waals surface area contributed by atoms with Crippen molar-refractivity contribution in [1.29, 1.82) is 0 Å². The summed E-state index contributed by atoms with van der Waals surface area (Å²) in [5.74, 6) is -5.22. The molecule has 2 aromatic heterocycles. The number of aromatic nitrogens is 2. The Morgan fingerprint density at radius 3 is 1.42 bits per heavy atom. The predicted octanol–water partition coefficient (Wildman–Crippen LogP) is -0.541. The van der Waals surface area contributed by atoms with Crippen LogP contribution in [-0.4, -0.2) is 128 Å². The minimum absolute atomic E-state index is 0.00762. The molecule has 21 heteroatoms. The van der Waals surface area contributed by atoms with Gasteiger partial charge in [-0.25, -0.2) is 0 Å². The van der Waals surface area contributed by atoms with Crippen LogP contribution in [-0.2, 0) is 15.9 Å². The lowest BCUT2D eigenvalue weighted by atomic mass is 9.47. The molecular formula is C53H46B10N2O9. The third kappa shape index (κ3) is 5.70. The Bertz CT molecular complexity index is 3590. The van der Waals surface area contributed by atoms with Gasteiger partial charge in [-0.1, -0.05) is 60.5 Å². The maximum Gasteiger partial charge on any atom is 0.206 e. The van der Waals surface area contributed by atoms with E-state index < -0.39 is 79.5 Å². The summed E-state index contributed by atoms with van der Waals surface area (Å²) in [6, 6.07) is 0. The van der Waals surface area contributed by atoms with Crippen molar-refractivity contribution in [3.63, 3.8) is 0 Å². The summed E-state index contributed by atoms with van der Waals surface area (Å²) >= 11 is 0. The number of phenolic OH excluding ortho intramolecular Hbond substituents is 8. The number of rotatable bonds is 2. The topological polar surface area (TPSA) is 181 Å². The van der Waals surface area contributed by atoms with Gasteiger partial charge in [0.2, 0.25) is 11.5 Å². The molecule has 11 nitrogen and oxygen atoms in total. The van der Waals surface area contributed by atoms with Crippen LogP contribution in [0.3, 0.4) is 0 Å². The second kappa shape index (κ2) is 16.1. The van der Waals surface area contributed by atoms with Crippen molar-refractivity contribution < 1.29 is 45.6 Å². The van der Waals surface area contributed by atoms with Gasteiger partial charge in [0.15, 0.2) is 11.5 Å². The molecule has 0 amide bonds. The molecule has 74 heavy (non-hydrogen) atoms. The maximum atomic E-state index is 13.5. The molecule has 5 unspecified atom stereocenters. The minimum Gasteiger partial charge on any atom is -0.509 e. The molecule has 5 atom stereocenters. The Kier molecular flexibility index (Phi) is 10.8. The van der Waals surface area contributed by atoms with Gasteiger partial charge >= 0.3 is 0 Å². The molecular weight excluding hydrogens is 917 g/mol. The molecule has 6 saturated carbocycles. The molecule has 14 rings (SSSR count). The molecule has 8 N–H and O–H groups in total. The van der Waals surface area contributed by atoms with Gasteiger partial charge in [0.05, 0.1) is 39.0 Å². The first kappa shape index (κ1) is 49.6. The SMILES string of the molecule is CC.[B]c1c(O)c(O)c(O)c(O)c1-n1c2c([B])c3c(c([B])c2c2c(O)c(-n4c5c([B])c([B])c(O)c([B])c5c5c([B])c([B])c([B])c(O)c54)c([B])c(O)c21)C1(OC32C(C)CC3CC(C)CC2C3)C2CC3CC(C2)CC1C3. The van der Waals surface area contributed by atoms with Crippen LogP contribution in [0, 0.1) is 47.3 Å². The van der Waals surface area contributed by atoms with Crippen LogP contribution in [0.15, 0.2) is 0 Å². The molecule has 6 fully saturated rings. The Balaban J connectivity index is 0.00000275. The number of phenols is 8. The van der Waals surface area contributed by atoms with Crippen LogP contribution in [0.25, 0.3) is 55.0 Å².